The van der Waals surface area contributed by atoms with Crippen molar-refractivity contribution < 1.29 is 9.21 Å². The summed E-state index contributed by atoms with van der Waals surface area (Å²) in [5.74, 6) is 0.00620. The van der Waals surface area contributed by atoms with Crippen molar-refractivity contribution in [2.75, 3.05) is 31.1 Å². The number of anilines is 1. The lowest BCUT2D eigenvalue weighted by Gasteiger charge is -2.35. The summed E-state index contributed by atoms with van der Waals surface area (Å²) in [6.45, 7) is 4.67. The van der Waals surface area contributed by atoms with Crippen molar-refractivity contribution in [1.29, 1.82) is 0 Å². The summed E-state index contributed by atoms with van der Waals surface area (Å²) in [5, 5.41) is 0. The lowest BCUT2D eigenvalue weighted by molar-refractivity contribution is -0.132. The molecule has 1 atom stereocenters. The van der Waals surface area contributed by atoms with Crippen LogP contribution in [0.1, 0.15) is 11.1 Å². The number of aryl methyl sites for hydroxylation is 1. The molecule has 1 saturated heterocycles. The lowest BCUT2D eigenvalue weighted by Crippen LogP contribution is -2.53. The first-order valence-corrected chi connectivity index (χ1v) is 9.30. The fraction of sp³-hybridized carbons (Fsp3) is 0.333. The molecular weight excluding hydrogens is 411 g/mol. The summed E-state index contributed by atoms with van der Waals surface area (Å²) in [5.41, 5.74) is 10.1. The number of aromatic nitrogens is 1. The molecular formula is C21H26Cl2N4O2. The van der Waals surface area contributed by atoms with Crippen molar-refractivity contribution in [2.45, 2.75) is 19.4 Å². The Morgan fingerprint density at radius 3 is 2.48 bits per heavy atom. The Morgan fingerprint density at radius 2 is 1.79 bits per heavy atom. The molecule has 1 fully saturated rings. The van der Waals surface area contributed by atoms with Crippen LogP contribution in [0.5, 0.6) is 0 Å². The minimum absolute atomic E-state index is 0. The molecule has 0 radical (unpaired) electrons. The second-order valence-electron chi connectivity index (χ2n) is 7.08. The number of carbonyl (C=O) groups is 1. The average Bonchev–Trinajstić information content (AvgIpc) is 3.11. The zero-order valence-corrected chi connectivity index (χ0v) is 17.9. The molecule has 1 unspecified atom stereocenters. The maximum atomic E-state index is 12.7. The van der Waals surface area contributed by atoms with E-state index in [1.807, 2.05) is 60.4 Å². The van der Waals surface area contributed by atoms with E-state index in [1.54, 1.807) is 0 Å². The van der Waals surface area contributed by atoms with Crippen molar-refractivity contribution in [1.82, 2.24) is 9.88 Å². The summed E-state index contributed by atoms with van der Waals surface area (Å²) < 4.78 is 5.87. The van der Waals surface area contributed by atoms with Gasteiger partial charge in [-0.05, 0) is 36.6 Å². The van der Waals surface area contributed by atoms with Crippen LogP contribution in [-0.2, 0) is 11.2 Å². The zero-order chi connectivity index (χ0) is 18.8. The van der Waals surface area contributed by atoms with Crippen molar-refractivity contribution in [2.24, 2.45) is 5.73 Å². The molecule has 29 heavy (non-hydrogen) atoms. The number of fused-ring (bicyclic) bond motifs is 1. The normalized spacial score (nSPS) is 14.8. The Hall–Kier alpha value is -2.28. The second-order valence-corrected chi connectivity index (χ2v) is 7.08. The van der Waals surface area contributed by atoms with Crippen LogP contribution < -0.4 is 10.6 Å². The molecule has 1 aliphatic rings. The van der Waals surface area contributed by atoms with E-state index >= 15 is 0 Å². The van der Waals surface area contributed by atoms with E-state index in [4.69, 9.17) is 10.2 Å². The number of hydrogen-bond acceptors (Lipinski definition) is 5. The zero-order valence-electron chi connectivity index (χ0n) is 16.3. The summed E-state index contributed by atoms with van der Waals surface area (Å²) in [6.07, 6.45) is 0.560. The Kier molecular flexibility index (Phi) is 7.90. The molecule has 156 valence electrons. The van der Waals surface area contributed by atoms with Crippen LogP contribution in [0.3, 0.4) is 0 Å². The van der Waals surface area contributed by atoms with E-state index in [-0.39, 0.29) is 30.7 Å². The topological polar surface area (TPSA) is 75.6 Å². The van der Waals surface area contributed by atoms with Gasteiger partial charge in [0.25, 0.3) is 6.01 Å². The Labute approximate surface area is 182 Å². The number of carbonyl (C=O) groups excluding carboxylic acids is 1. The summed E-state index contributed by atoms with van der Waals surface area (Å²) >= 11 is 0. The summed E-state index contributed by atoms with van der Waals surface area (Å²) in [6, 6.07) is 16.0. The number of nitrogens with two attached hydrogens (primary N) is 1. The number of amides is 1. The highest BCUT2D eigenvalue weighted by Crippen LogP contribution is 2.23. The predicted octanol–water partition coefficient (Wildman–Crippen LogP) is 3.20. The van der Waals surface area contributed by atoms with Crippen molar-refractivity contribution in [3.8, 4) is 0 Å². The minimum Gasteiger partial charge on any atom is -0.423 e. The standard InChI is InChI=1S/C21H24N4O2.2ClH/c1-15-7-8-19-18(13-15)23-21(27-19)25-11-9-24(10-12-25)20(26)17(22)14-16-5-3-2-4-6-16;;/h2-8,13,17H,9-12,14,22H2,1H3;2*1H. The first kappa shape index (κ1) is 23.0. The number of halogens is 2. The Morgan fingerprint density at radius 1 is 1.10 bits per heavy atom. The molecule has 2 N–H and O–H groups in total. The van der Waals surface area contributed by atoms with Gasteiger partial charge in [0.2, 0.25) is 5.91 Å². The third-order valence-electron chi connectivity index (χ3n) is 5.01. The van der Waals surface area contributed by atoms with Crippen molar-refractivity contribution in [3.05, 3.63) is 59.7 Å². The van der Waals surface area contributed by atoms with E-state index < -0.39 is 6.04 Å². The molecule has 0 bridgehead atoms. The van der Waals surface area contributed by atoms with Crippen LogP contribution in [-0.4, -0.2) is 48.0 Å². The molecule has 0 saturated carbocycles. The number of rotatable bonds is 4. The smallest absolute Gasteiger partial charge is 0.298 e. The van der Waals surface area contributed by atoms with E-state index in [9.17, 15) is 4.79 Å². The van der Waals surface area contributed by atoms with Gasteiger partial charge in [-0.15, -0.1) is 24.8 Å². The SMILES string of the molecule is Cc1ccc2oc(N3CCN(C(=O)C(N)Cc4ccccc4)CC3)nc2c1.Cl.Cl. The Balaban J connectivity index is 0.00000150. The number of oxazole rings is 1. The second kappa shape index (κ2) is 9.96. The van der Waals surface area contributed by atoms with Crippen LogP contribution in [0.25, 0.3) is 11.1 Å². The van der Waals surface area contributed by atoms with Crippen LogP contribution >= 0.6 is 24.8 Å². The number of piperazine rings is 1. The third kappa shape index (κ3) is 5.21. The van der Waals surface area contributed by atoms with Gasteiger partial charge in [-0.1, -0.05) is 36.4 Å². The number of hydrogen-bond donors (Lipinski definition) is 1. The molecule has 0 aliphatic carbocycles. The van der Waals surface area contributed by atoms with Crippen LogP contribution in [0.2, 0.25) is 0 Å². The average molecular weight is 437 g/mol. The quantitative estimate of drug-likeness (QED) is 0.679. The van der Waals surface area contributed by atoms with E-state index in [1.165, 1.54) is 0 Å². The van der Waals surface area contributed by atoms with Gasteiger partial charge < -0.3 is 20.0 Å². The third-order valence-corrected chi connectivity index (χ3v) is 5.01. The van der Waals surface area contributed by atoms with Gasteiger partial charge in [0.1, 0.15) is 5.52 Å². The minimum atomic E-state index is -0.508. The fourth-order valence-electron chi connectivity index (χ4n) is 3.47. The van der Waals surface area contributed by atoms with Crippen molar-refractivity contribution in [3.63, 3.8) is 0 Å². The predicted molar refractivity (Wildman–Crippen MR) is 120 cm³/mol. The molecule has 2 heterocycles. The van der Waals surface area contributed by atoms with Crippen LogP contribution in [0.4, 0.5) is 6.01 Å². The highest BCUT2D eigenvalue weighted by Gasteiger charge is 2.27. The van der Waals surface area contributed by atoms with Gasteiger partial charge >= 0.3 is 0 Å². The molecule has 2 aromatic carbocycles. The monoisotopic (exact) mass is 436 g/mol. The van der Waals surface area contributed by atoms with Gasteiger partial charge in [0.15, 0.2) is 5.58 Å². The molecule has 1 amide bonds. The molecule has 0 spiro atoms. The Bertz CT molecular complexity index is 940. The maximum absolute atomic E-state index is 12.7. The summed E-state index contributed by atoms with van der Waals surface area (Å²) in [7, 11) is 0. The molecule has 8 heteroatoms. The molecule has 1 aromatic heterocycles. The molecule has 4 rings (SSSR count). The summed E-state index contributed by atoms with van der Waals surface area (Å²) in [4.78, 5) is 21.2. The van der Waals surface area contributed by atoms with Gasteiger partial charge in [0, 0.05) is 26.2 Å². The fourth-order valence-corrected chi connectivity index (χ4v) is 3.47. The van der Waals surface area contributed by atoms with Gasteiger partial charge in [0.05, 0.1) is 6.04 Å². The molecule has 3 aromatic rings. The molecule has 1 aliphatic heterocycles. The van der Waals surface area contributed by atoms with E-state index in [0.29, 0.717) is 38.6 Å². The van der Waals surface area contributed by atoms with E-state index in [2.05, 4.69) is 9.88 Å². The first-order chi connectivity index (χ1) is 13.1. The first-order valence-electron chi connectivity index (χ1n) is 9.30. The van der Waals surface area contributed by atoms with E-state index in [0.717, 1.165) is 22.2 Å². The van der Waals surface area contributed by atoms with Gasteiger partial charge in [-0.2, -0.15) is 4.98 Å². The lowest BCUT2D eigenvalue weighted by atomic mass is 10.1. The molecule has 6 nitrogen and oxygen atoms in total. The van der Waals surface area contributed by atoms with Gasteiger partial charge in [-0.25, -0.2) is 0 Å². The highest BCUT2D eigenvalue weighted by atomic mass is 35.5. The van der Waals surface area contributed by atoms with Gasteiger partial charge in [-0.3, -0.25) is 4.79 Å². The number of benzene rings is 2. The number of nitrogens with zero attached hydrogens (tertiary/aromatic N) is 3. The highest BCUT2D eigenvalue weighted by molar-refractivity contribution is 5.85. The largest absolute Gasteiger partial charge is 0.423 e. The van der Waals surface area contributed by atoms with Crippen molar-refractivity contribution >= 4 is 47.8 Å². The maximum Gasteiger partial charge on any atom is 0.298 e. The van der Waals surface area contributed by atoms with Crippen LogP contribution in [0.15, 0.2) is 52.9 Å². The van der Waals surface area contributed by atoms with Crippen LogP contribution in [0, 0.1) is 6.92 Å².